The van der Waals surface area contributed by atoms with Gasteiger partial charge in [0.05, 0.1) is 11.4 Å². The minimum atomic E-state index is -4.02. The molecule has 0 aromatic heterocycles. The number of sulfonamides is 1. The zero-order valence-corrected chi connectivity index (χ0v) is 12.1. The summed E-state index contributed by atoms with van der Waals surface area (Å²) >= 11 is 0. The second kappa shape index (κ2) is 5.69. The molecular weight excluding hydrogens is 298 g/mol. The molecule has 0 atom stereocenters. The summed E-state index contributed by atoms with van der Waals surface area (Å²) in [6, 6.07) is 8.59. The van der Waals surface area contributed by atoms with Gasteiger partial charge in [-0.3, -0.25) is 4.31 Å². The first-order valence-corrected chi connectivity index (χ1v) is 7.64. The Morgan fingerprint density at radius 3 is 2.29 bits per heavy atom. The Morgan fingerprint density at radius 1 is 1.10 bits per heavy atom. The molecule has 0 bridgehead atoms. The highest BCUT2D eigenvalue weighted by Crippen LogP contribution is 2.28. The number of halogens is 2. The van der Waals surface area contributed by atoms with Crippen molar-refractivity contribution >= 4 is 21.4 Å². The lowest BCUT2D eigenvalue weighted by Gasteiger charge is -2.23. The largest absolute Gasteiger partial charge is 0.395 e. The highest BCUT2D eigenvalue weighted by Gasteiger charge is 2.26. The van der Waals surface area contributed by atoms with Crippen LogP contribution in [0.4, 0.5) is 20.2 Å². The van der Waals surface area contributed by atoms with Crippen LogP contribution in [0.5, 0.6) is 0 Å². The van der Waals surface area contributed by atoms with Crippen molar-refractivity contribution in [2.45, 2.75) is 11.8 Å². The SMILES string of the molecule is CCN(c1ccc(F)cc1)S(=O)(=O)c1cccc(F)c1N. The molecule has 0 saturated heterocycles. The van der Waals surface area contributed by atoms with E-state index < -0.39 is 27.3 Å². The van der Waals surface area contributed by atoms with Crippen LogP contribution < -0.4 is 10.0 Å². The maximum atomic E-state index is 13.5. The van der Waals surface area contributed by atoms with Gasteiger partial charge in [0.15, 0.2) is 0 Å². The molecule has 0 fully saturated rings. The molecule has 0 aliphatic rings. The molecule has 0 unspecified atom stereocenters. The number of rotatable bonds is 4. The monoisotopic (exact) mass is 312 g/mol. The fraction of sp³-hybridized carbons (Fsp3) is 0.143. The molecule has 2 aromatic carbocycles. The lowest BCUT2D eigenvalue weighted by atomic mass is 10.3. The maximum absolute atomic E-state index is 13.5. The average molecular weight is 312 g/mol. The van der Waals surface area contributed by atoms with E-state index in [4.69, 9.17) is 5.73 Å². The fourth-order valence-corrected chi connectivity index (χ4v) is 3.56. The van der Waals surface area contributed by atoms with E-state index in [2.05, 4.69) is 0 Å². The summed E-state index contributed by atoms with van der Waals surface area (Å²) in [5.74, 6) is -1.27. The molecule has 2 N–H and O–H groups in total. The molecule has 0 spiro atoms. The predicted octanol–water partition coefficient (Wildman–Crippen LogP) is 2.76. The van der Waals surface area contributed by atoms with Gasteiger partial charge in [0, 0.05) is 6.54 Å². The molecule has 0 saturated carbocycles. The van der Waals surface area contributed by atoms with Gasteiger partial charge in [-0.05, 0) is 43.3 Å². The van der Waals surface area contributed by atoms with Crippen LogP contribution in [0.2, 0.25) is 0 Å². The molecule has 2 aromatic rings. The topological polar surface area (TPSA) is 63.4 Å². The number of para-hydroxylation sites is 1. The van der Waals surface area contributed by atoms with E-state index >= 15 is 0 Å². The van der Waals surface area contributed by atoms with Crippen molar-refractivity contribution in [2.24, 2.45) is 0 Å². The Hall–Kier alpha value is -2.15. The summed E-state index contributed by atoms with van der Waals surface area (Å²) < 4.78 is 52.7. The predicted molar refractivity (Wildman–Crippen MR) is 77.4 cm³/mol. The van der Waals surface area contributed by atoms with Gasteiger partial charge in [0.1, 0.15) is 16.5 Å². The number of hydrogen-bond acceptors (Lipinski definition) is 3. The number of hydrogen-bond donors (Lipinski definition) is 1. The number of benzene rings is 2. The first kappa shape index (κ1) is 15.2. The highest BCUT2D eigenvalue weighted by molar-refractivity contribution is 7.93. The zero-order valence-electron chi connectivity index (χ0n) is 11.3. The normalized spacial score (nSPS) is 11.4. The first-order valence-electron chi connectivity index (χ1n) is 6.20. The summed E-state index contributed by atoms with van der Waals surface area (Å²) in [6.45, 7) is 1.72. The van der Waals surface area contributed by atoms with Crippen molar-refractivity contribution in [3.8, 4) is 0 Å². The number of anilines is 2. The van der Waals surface area contributed by atoms with E-state index in [1.807, 2.05) is 0 Å². The third-order valence-electron chi connectivity index (χ3n) is 2.98. The molecule has 7 heteroatoms. The quantitative estimate of drug-likeness (QED) is 0.883. The van der Waals surface area contributed by atoms with Crippen LogP contribution in [0.3, 0.4) is 0 Å². The van der Waals surface area contributed by atoms with E-state index in [-0.39, 0.29) is 17.1 Å². The Labute approximate surface area is 121 Å². The third-order valence-corrected chi connectivity index (χ3v) is 4.94. The summed E-state index contributed by atoms with van der Waals surface area (Å²) in [5.41, 5.74) is 5.37. The zero-order chi connectivity index (χ0) is 15.6. The summed E-state index contributed by atoms with van der Waals surface area (Å²) in [5, 5.41) is 0. The van der Waals surface area contributed by atoms with Gasteiger partial charge < -0.3 is 5.73 Å². The number of nitrogens with zero attached hydrogens (tertiary/aromatic N) is 1. The summed E-state index contributed by atoms with van der Waals surface area (Å²) in [6.07, 6.45) is 0. The Morgan fingerprint density at radius 2 is 1.71 bits per heavy atom. The lowest BCUT2D eigenvalue weighted by molar-refractivity contribution is 0.588. The Bertz CT molecular complexity index is 746. The molecule has 112 valence electrons. The molecule has 21 heavy (non-hydrogen) atoms. The van der Waals surface area contributed by atoms with Crippen molar-refractivity contribution in [2.75, 3.05) is 16.6 Å². The second-order valence-corrected chi connectivity index (χ2v) is 6.13. The molecule has 0 aliphatic carbocycles. The Balaban J connectivity index is 2.55. The van der Waals surface area contributed by atoms with E-state index in [1.165, 1.54) is 24.3 Å². The van der Waals surface area contributed by atoms with Gasteiger partial charge in [-0.2, -0.15) is 0 Å². The van der Waals surface area contributed by atoms with Gasteiger partial charge in [0.25, 0.3) is 10.0 Å². The van der Waals surface area contributed by atoms with Crippen LogP contribution >= 0.6 is 0 Å². The summed E-state index contributed by atoms with van der Waals surface area (Å²) in [7, 11) is -4.02. The molecule has 0 amide bonds. The Kier molecular flexibility index (Phi) is 4.13. The van der Waals surface area contributed by atoms with Gasteiger partial charge in [-0.25, -0.2) is 17.2 Å². The highest BCUT2D eigenvalue weighted by atomic mass is 32.2. The standard InChI is InChI=1S/C14H14F2N2O2S/c1-2-18(11-8-6-10(15)7-9-11)21(19,20)13-5-3-4-12(16)14(13)17/h3-9H,2,17H2,1H3. The fourth-order valence-electron chi connectivity index (χ4n) is 1.96. The van der Waals surface area contributed by atoms with Crippen LogP contribution in [0.25, 0.3) is 0 Å². The second-order valence-electron chi connectivity index (χ2n) is 4.30. The third kappa shape index (κ3) is 2.82. The van der Waals surface area contributed by atoms with Crippen LogP contribution in [0.15, 0.2) is 47.4 Å². The molecule has 4 nitrogen and oxygen atoms in total. The first-order chi connectivity index (χ1) is 9.87. The van der Waals surface area contributed by atoms with Crippen molar-refractivity contribution in [3.05, 3.63) is 54.1 Å². The van der Waals surface area contributed by atoms with Crippen molar-refractivity contribution in [1.82, 2.24) is 0 Å². The average Bonchev–Trinajstić information content (AvgIpc) is 2.44. The van der Waals surface area contributed by atoms with Crippen molar-refractivity contribution < 1.29 is 17.2 Å². The van der Waals surface area contributed by atoms with Gasteiger partial charge in [-0.15, -0.1) is 0 Å². The molecule has 0 radical (unpaired) electrons. The smallest absolute Gasteiger partial charge is 0.266 e. The van der Waals surface area contributed by atoms with E-state index in [0.717, 1.165) is 22.5 Å². The minimum absolute atomic E-state index is 0.101. The van der Waals surface area contributed by atoms with Crippen LogP contribution in [-0.2, 0) is 10.0 Å². The lowest BCUT2D eigenvalue weighted by Crippen LogP contribution is -2.31. The molecular formula is C14H14F2N2O2S. The van der Waals surface area contributed by atoms with Crippen molar-refractivity contribution in [3.63, 3.8) is 0 Å². The van der Waals surface area contributed by atoms with E-state index in [0.29, 0.717) is 0 Å². The minimum Gasteiger partial charge on any atom is -0.395 e. The number of nitrogen functional groups attached to an aromatic ring is 1. The van der Waals surface area contributed by atoms with Gasteiger partial charge in [-0.1, -0.05) is 6.07 Å². The van der Waals surface area contributed by atoms with Crippen molar-refractivity contribution in [1.29, 1.82) is 0 Å². The van der Waals surface area contributed by atoms with Crippen LogP contribution in [0.1, 0.15) is 6.92 Å². The van der Waals surface area contributed by atoms with Gasteiger partial charge >= 0.3 is 0 Å². The maximum Gasteiger partial charge on any atom is 0.266 e. The molecule has 2 rings (SSSR count). The number of nitrogens with two attached hydrogens (primary N) is 1. The molecule has 0 aliphatic heterocycles. The van der Waals surface area contributed by atoms with Crippen LogP contribution in [-0.4, -0.2) is 15.0 Å². The van der Waals surface area contributed by atoms with Gasteiger partial charge in [0.2, 0.25) is 0 Å². The van der Waals surface area contributed by atoms with E-state index in [1.54, 1.807) is 6.92 Å². The van der Waals surface area contributed by atoms with E-state index in [9.17, 15) is 17.2 Å². The molecule has 0 heterocycles. The van der Waals surface area contributed by atoms with Crippen LogP contribution in [0, 0.1) is 11.6 Å². The summed E-state index contributed by atoms with van der Waals surface area (Å²) in [4.78, 5) is -0.311.